The van der Waals surface area contributed by atoms with Gasteiger partial charge in [0.05, 0.1) is 4.88 Å². The van der Waals surface area contributed by atoms with Crippen LogP contribution in [0.1, 0.15) is 11.8 Å². The average Bonchev–Trinajstić information content (AvgIpc) is 3.18. The minimum Gasteiger partial charge on any atom is -0.144 e. The first-order chi connectivity index (χ1) is 10.8. The molecule has 0 spiro atoms. The second kappa shape index (κ2) is 4.57. The fraction of sp³-hybridized carbons (Fsp3) is 0.0526. The number of benzene rings is 2. The van der Waals surface area contributed by atoms with Crippen molar-refractivity contribution >= 4 is 74.4 Å². The third kappa shape index (κ3) is 1.75. The van der Waals surface area contributed by atoms with Gasteiger partial charge < -0.3 is 0 Å². The Bertz CT molecular complexity index is 1240. The summed E-state index contributed by atoms with van der Waals surface area (Å²) in [6.07, 6.45) is 0. The summed E-state index contributed by atoms with van der Waals surface area (Å²) in [5, 5.41) is 7.57. The molecule has 0 aliphatic rings. The van der Waals surface area contributed by atoms with E-state index in [9.17, 15) is 0 Å². The van der Waals surface area contributed by atoms with Crippen LogP contribution in [0.4, 0.5) is 0 Å². The molecule has 5 aromatic rings. The molecule has 0 aliphatic heterocycles. The first-order valence-corrected chi connectivity index (χ1v) is 9.53. The van der Waals surface area contributed by atoms with Gasteiger partial charge >= 0.3 is 0 Å². The van der Waals surface area contributed by atoms with Crippen LogP contribution in [0.3, 0.4) is 0 Å². The largest absolute Gasteiger partial charge is 0.144 e. The summed E-state index contributed by atoms with van der Waals surface area (Å²) < 4.78 is 5.47. The molecule has 0 N–H and O–H groups in total. The molecule has 5 rings (SSSR count). The number of hydrogen-bond acceptors (Lipinski definition) is 3. The van der Waals surface area contributed by atoms with Crippen LogP contribution in [-0.2, 0) is 0 Å². The highest BCUT2D eigenvalue weighted by Crippen LogP contribution is 2.40. The lowest BCUT2D eigenvalue weighted by Gasteiger charge is -1.94. The summed E-state index contributed by atoms with van der Waals surface area (Å²) in [4.78, 5) is 1.15. The maximum atomic E-state index is 3.17. The van der Waals surface area contributed by atoms with Gasteiger partial charge in [-0.1, -0.05) is 5.92 Å². The maximum Gasteiger partial charge on any atom is 0.0780 e. The van der Waals surface area contributed by atoms with E-state index in [1.165, 1.54) is 40.3 Å². The summed E-state index contributed by atoms with van der Waals surface area (Å²) in [5.74, 6) is 6.17. The van der Waals surface area contributed by atoms with Crippen molar-refractivity contribution in [3.8, 4) is 11.8 Å². The SMILES string of the molecule is CC#Cc1cc2cc3c(cc2s1)sc1cc2sccc2cc13. The molecule has 2 aromatic carbocycles. The Morgan fingerprint density at radius 1 is 0.773 bits per heavy atom. The lowest BCUT2D eigenvalue weighted by Crippen LogP contribution is -1.67. The molecule has 0 saturated heterocycles. The quantitative estimate of drug-likeness (QED) is 0.271. The molecular weight excluding hydrogens is 324 g/mol. The summed E-state index contributed by atoms with van der Waals surface area (Å²) >= 11 is 5.50. The van der Waals surface area contributed by atoms with Gasteiger partial charge in [-0.3, -0.25) is 0 Å². The first kappa shape index (κ1) is 12.7. The lowest BCUT2D eigenvalue weighted by atomic mass is 10.1. The smallest absolute Gasteiger partial charge is 0.0780 e. The number of rotatable bonds is 0. The van der Waals surface area contributed by atoms with Crippen molar-refractivity contribution in [2.45, 2.75) is 6.92 Å². The molecular formula is C19H10S3. The predicted octanol–water partition coefficient (Wildman–Crippen LogP) is 6.86. The molecule has 0 atom stereocenters. The molecule has 3 aromatic heterocycles. The van der Waals surface area contributed by atoms with E-state index in [1.807, 2.05) is 29.6 Å². The monoisotopic (exact) mass is 334 g/mol. The Balaban J connectivity index is 1.91. The molecule has 0 saturated carbocycles. The van der Waals surface area contributed by atoms with Crippen LogP contribution in [0.2, 0.25) is 0 Å². The standard InChI is InChI=1S/C19H10S3/c1-2-3-13-6-12-8-15-14-7-11-4-5-20-16(11)9-18(14)22-19(15)10-17(12)21-13/h4-10H,1H3. The molecule has 3 heterocycles. The number of thiophene rings is 3. The first-order valence-electron chi connectivity index (χ1n) is 7.02. The van der Waals surface area contributed by atoms with Crippen molar-refractivity contribution in [2.75, 3.05) is 0 Å². The van der Waals surface area contributed by atoms with E-state index in [0.717, 1.165) is 4.88 Å². The van der Waals surface area contributed by atoms with Gasteiger partial charge in [0, 0.05) is 29.6 Å². The van der Waals surface area contributed by atoms with Crippen LogP contribution in [0.25, 0.3) is 40.3 Å². The lowest BCUT2D eigenvalue weighted by molar-refractivity contribution is 1.88. The number of hydrogen-bond donors (Lipinski definition) is 0. The molecule has 0 unspecified atom stereocenters. The van der Waals surface area contributed by atoms with E-state index in [2.05, 4.69) is 53.6 Å². The van der Waals surface area contributed by atoms with E-state index in [0.29, 0.717) is 0 Å². The molecule has 22 heavy (non-hydrogen) atoms. The van der Waals surface area contributed by atoms with E-state index in [1.54, 1.807) is 11.3 Å². The Morgan fingerprint density at radius 3 is 2.36 bits per heavy atom. The van der Waals surface area contributed by atoms with Gasteiger partial charge in [0.2, 0.25) is 0 Å². The van der Waals surface area contributed by atoms with Crippen molar-refractivity contribution in [1.82, 2.24) is 0 Å². The number of fused-ring (bicyclic) bond motifs is 5. The Kier molecular flexibility index (Phi) is 2.63. The zero-order chi connectivity index (χ0) is 14.7. The molecule has 0 bridgehead atoms. The molecule has 3 heteroatoms. The van der Waals surface area contributed by atoms with E-state index in [4.69, 9.17) is 0 Å². The van der Waals surface area contributed by atoms with E-state index in [-0.39, 0.29) is 0 Å². The van der Waals surface area contributed by atoms with Gasteiger partial charge in [0.15, 0.2) is 0 Å². The van der Waals surface area contributed by atoms with Crippen LogP contribution in [0.5, 0.6) is 0 Å². The van der Waals surface area contributed by atoms with Gasteiger partial charge in [-0.15, -0.1) is 39.9 Å². The molecule has 0 amide bonds. The summed E-state index contributed by atoms with van der Waals surface area (Å²) in [6, 6.07) is 13.8. The van der Waals surface area contributed by atoms with Crippen LogP contribution < -0.4 is 0 Å². The topological polar surface area (TPSA) is 0 Å². The fourth-order valence-electron chi connectivity index (χ4n) is 2.95. The van der Waals surface area contributed by atoms with Gasteiger partial charge in [-0.05, 0) is 59.5 Å². The van der Waals surface area contributed by atoms with Crippen molar-refractivity contribution in [1.29, 1.82) is 0 Å². The van der Waals surface area contributed by atoms with Crippen LogP contribution >= 0.6 is 34.0 Å². The maximum absolute atomic E-state index is 3.17. The molecule has 0 nitrogen and oxygen atoms in total. The fourth-order valence-corrected chi connectivity index (χ4v) is 6.05. The third-order valence-corrected chi connectivity index (χ3v) is 6.94. The van der Waals surface area contributed by atoms with Gasteiger partial charge in [-0.25, -0.2) is 0 Å². The van der Waals surface area contributed by atoms with Crippen molar-refractivity contribution < 1.29 is 0 Å². The minimum absolute atomic E-state index is 1.15. The molecule has 0 radical (unpaired) electrons. The van der Waals surface area contributed by atoms with Gasteiger partial charge in [-0.2, -0.15) is 0 Å². The second-order valence-electron chi connectivity index (χ2n) is 5.28. The Hall–Kier alpha value is -1.86. The van der Waals surface area contributed by atoms with Crippen LogP contribution in [-0.4, -0.2) is 0 Å². The summed E-state index contributed by atoms with van der Waals surface area (Å²) in [6.45, 7) is 1.89. The highest BCUT2D eigenvalue weighted by Gasteiger charge is 2.10. The molecule has 0 fully saturated rings. The van der Waals surface area contributed by atoms with Crippen LogP contribution in [0.15, 0.2) is 41.8 Å². The zero-order valence-corrected chi connectivity index (χ0v) is 14.2. The highest BCUT2D eigenvalue weighted by atomic mass is 32.1. The summed E-state index contributed by atoms with van der Waals surface area (Å²) in [5.41, 5.74) is 0. The third-order valence-electron chi connectivity index (χ3n) is 3.93. The summed E-state index contributed by atoms with van der Waals surface area (Å²) in [7, 11) is 0. The van der Waals surface area contributed by atoms with Crippen molar-refractivity contribution in [2.24, 2.45) is 0 Å². The van der Waals surface area contributed by atoms with Gasteiger partial charge in [0.25, 0.3) is 0 Å². The molecule has 0 aliphatic carbocycles. The normalized spacial score (nSPS) is 11.5. The molecule has 104 valence electrons. The van der Waals surface area contributed by atoms with E-state index >= 15 is 0 Å². The minimum atomic E-state index is 1.15. The zero-order valence-electron chi connectivity index (χ0n) is 11.8. The van der Waals surface area contributed by atoms with Crippen molar-refractivity contribution in [3.63, 3.8) is 0 Å². The Labute approximate surface area is 139 Å². The highest BCUT2D eigenvalue weighted by molar-refractivity contribution is 7.27. The van der Waals surface area contributed by atoms with E-state index < -0.39 is 0 Å². The van der Waals surface area contributed by atoms with Gasteiger partial charge in [0.1, 0.15) is 0 Å². The van der Waals surface area contributed by atoms with Crippen molar-refractivity contribution in [3.05, 3.63) is 46.7 Å². The Morgan fingerprint density at radius 2 is 1.55 bits per heavy atom. The predicted molar refractivity (Wildman–Crippen MR) is 103 cm³/mol. The average molecular weight is 334 g/mol. The van der Waals surface area contributed by atoms with Crippen LogP contribution in [0, 0.1) is 11.8 Å². The second-order valence-corrected chi connectivity index (χ2v) is 8.40.